The number of para-hydroxylation sites is 1. The van der Waals surface area contributed by atoms with Crippen molar-refractivity contribution in [3.8, 4) is 0 Å². The second kappa shape index (κ2) is 5.95. The van der Waals surface area contributed by atoms with E-state index in [2.05, 4.69) is 0 Å². The molecule has 0 saturated heterocycles. The SMILES string of the molecule is CCC(=O)CC(=O)N(C)c1ccccc1C(=O)O. The number of amides is 1. The van der Waals surface area contributed by atoms with Gasteiger partial charge in [0.1, 0.15) is 5.78 Å². The first-order chi connectivity index (χ1) is 8.47. The van der Waals surface area contributed by atoms with E-state index in [1.807, 2.05) is 0 Å². The molecule has 5 heteroatoms. The molecule has 0 heterocycles. The van der Waals surface area contributed by atoms with Crippen LogP contribution in [0.3, 0.4) is 0 Å². The molecule has 1 rings (SSSR count). The minimum Gasteiger partial charge on any atom is -0.478 e. The fourth-order valence-electron chi connectivity index (χ4n) is 1.49. The van der Waals surface area contributed by atoms with Gasteiger partial charge in [-0.2, -0.15) is 0 Å². The van der Waals surface area contributed by atoms with Gasteiger partial charge >= 0.3 is 5.97 Å². The molecule has 1 aromatic carbocycles. The Labute approximate surface area is 105 Å². The maximum absolute atomic E-state index is 11.8. The number of hydrogen-bond donors (Lipinski definition) is 1. The van der Waals surface area contributed by atoms with E-state index >= 15 is 0 Å². The Bertz CT molecular complexity index is 482. The zero-order valence-electron chi connectivity index (χ0n) is 10.3. The Morgan fingerprint density at radius 3 is 2.39 bits per heavy atom. The molecule has 1 aromatic rings. The molecule has 0 aromatic heterocycles. The molecular weight excluding hydrogens is 234 g/mol. The van der Waals surface area contributed by atoms with E-state index in [1.54, 1.807) is 19.1 Å². The van der Waals surface area contributed by atoms with Crippen LogP contribution in [0.15, 0.2) is 24.3 Å². The minimum absolute atomic E-state index is 0.0392. The van der Waals surface area contributed by atoms with E-state index < -0.39 is 11.9 Å². The molecule has 0 saturated carbocycles. The molecule has 0 atom stereocenters. The molecule has 0 spiro atoms. The number of Topliss-reactive ketones (excluding diaryl/α,β-unsaturated/α-hetero) is 1. The number of anilines is 1. The van der Waals surface area contributed by atoms with Crippen LogP contribution >= 0.6 is 0 Å². The molecule has 0 aliphatic rings. The summed E-state index contributed by atoms with van der Waals surface area (Å²) in [6.07, 6.45) is 0.0844. The summed E-state index contributed by atoms with van der Waals surface area (Å²) in [4.78, 5) is 35.2. The van der Waals surface area contributed by atoms with Crippen LogP contribution in [0.5, 0.6) is 0 Å². The van der Waals surface area contributed by atoms with Crippen molar-refractivity contribution >= 4 is 23.3 Å². The van der Waals surface area contributed by atoms with Gasteiger partial charge in [0.05, 0.1) is 17.7 Å². The van der Waals surface area contributed by atoms with E-state index in [-0.39, 0.29) is 17.8 Å². The van der Waals surface area contributed by atoms with Crippen LogP contribution in [-0.2, 0) is 9.59 Å². The number of aromatic carboxylic acids is 1. The lowest BCUT2D eigenvalue weighted by atomic mass is 10.1. The largest absolute Gasteiger partial charge is 0.478 e. The fraction of sp³-hybridized carbons (Fsp3) is 0.308. The van der Waals surface area contributed by atoms with Gasteiger partial charge in [-0.3, -0.25) is 9.59 Å². The van der Waals surface area contributed by atoms with Gasteiger partial charge in [-0.25, -0.2) is 4.79 Å². The summed E-state index contributed by atoms with van der Waals surface area (Å²) in [5.41, 5.74) is 0.330. The number of carbonyl (C=O) groups is 3. The van der Waals surface area contributed by atoms with Crippen molar-refractivity contribution in [3.63, 3.8) is 0 Å². The van der Waals surface area contributed by atoms with Crippen LogP contribution in [0.4, 0.5) is 5.69 Å². The molecule has 5 nitrogen and oxygen atoms in total. The number of rotatable bonds is 5. The molecule has 0 fully saturated rings. The molecule has 0 radical (unpaired) electrons. The topological polar surface area (TPSA) is 74.7 Å². The van der Waals surface area contributed by atoms with E-state index in [4.69, 9.17) is 5.11 Å². The first-order valence-corrected chi connectivity index (χ1v) is 5.58. The molecule has 0 bridgehead atoms. The Balaban J connectivity index is 2.96. The monoisotopic (exact) mass is 249 g/mol. The normalized spacial score (nSPS) is 9.89. The number of carboxylic acids is 1. The number of carbonyl (C=O) groups excluding carboxylic acids is 2. The molecule has 1 amide bonds. The van der Waals surface area contributed by atoms with Crippen LogP contribution in [0, 0.1) is 0 Å². The van der Waals surface area contributed by atoms with Crippen molar-refractivity contribution in [1.29, 1.82) is 0 Å². The number of hydrogen-bond acceptors (Lipinski definition) is 3. The predicted molar refractivity (Wildman–Crippen MR) is 66.7 cm³/mol. The van der Waals surface area contributed by atoms with Crippen molar-refractivity contribution in [3.05, 3.63) is 29.8 Å². The first-order valence-electron chi connectivity index (χ1n) is 5.58. The first kappa shape index (κ1) is 13.9. The summed E-state index contributed by atoms with van der Waals surface area (Å²) in [6, 6.07) is 6.19. The summed E-state index contributed by atoms with van der Waals surface area (Å²) >= 11 is 0. The summed E-state index contributed by atoms with van der Waals surface area (Å²) in [6.45, 7) is 1.68. The van der Waals surface area contributed by atoms with Crippen LogP contribution < -0.4 is 4.90 Å². The molecule has 1 N–H and O–H groups in total. The molecule has 18 heavy (non-hydrogen) atoms. The molecular formula is C13H15NO4. The third-order valence-electron chi connectivity index (χ3n) is 2.61. The second-order valence-corrected chi connectivity index (χ2v) is 3.84. The Morgan fingerprint density at radius 2 is 1.83 bits per heavy atom. The van der Waals surface area contributed by atoms with Crippen LogP contribution in [0.25, 0.3) is 0 Å². The lowest BCUT2D eigenvalue weighted by molar-refractivity contribution is -0.126. The van der Waals surface area contributed by atoms with E-state index in [9.17, 15) is 14.4 Å². The molecule has 96 valence electrons. The predicted octanol–water partition coefficient (Wildman–Crippen LogP) is 1.72. The highest BCUT2D eigenvalue weighted by molar-refractivity contribution is 6.08. The summed E-state index contributed by atoms with van der Waals surface area (Å²) in [5.74, 6) is -1.68. The van der Waals surface area contributed by atoms with Crippen molar-refractivity contribution in [2.24, 2.45) is 0 Å². The van der Waals surface area contributed by atoms with Gasteiger partial charge in [0, 0.05) is 13.5 Å². The highest BCUT2D eigenvalue weighted by atomic mass is 16.4. The van der Waals surface area contributed by atoms with Gasteiger partial charge in [0.2, 0.25) is 5.91 Å². The second-order valence-electron chi connectivity index (χ2n) is 3.84. The average molecular weight is 249 g/mol. The number of carboxylic acid groups (broad SMARTS) is 1. The summed E-state index contributed by atoms with van der Waals surface area (Å²) in [5, 5.41) is 9.02. The number of ketones is 1. The van der Waals surface area contributed by atoms with Gasteiger partial charge in [0.25, 0.3) is 0 Å². The van der Waals surface area contributed by atoms with Crippen LogP contribution in [0.1, 0.15) is 30.1 Å². The zero-order valence-corrected chi connectivity index (χ0v) is 10.3. The highest BCUT2D eigenvalue weighted by Gasteiger charge is 2.19. The van der Waals surface area contributed by atoms with Gasteiger partial charge in [0.15, 0.2) is 0 Å². The smallest absolute Gasteiger partial charge is 0.337 e. The third kappa shape index (κ3) is 3.16. The standard InChI is InChI=1S/C13H15NO4/c1-3-9(15)8-12(16)14(2)11-7-5-4-6-10(11)13(17)18/h4-7H,3,8H2,1-2H3,(H,17,18). The van der Waals surface area contributed by atoms with Crippen LogP contribution in [0.2, 0.25) is 0 Å². The Hall–Kier alpha value is -2.17. The quantitative estimate of drug-likeness (QED) is 0.806. The van der Waals surface area contributed by atoms with Gasteiger partial charge in [-0.1, -0.05) is 19.1 Å². The van der Waals surface area contributed by atoms with Crippen molar-refractivity contribution in [1.82, 2.24) is 0 Å². The number of benzene rings is 1. The maximum atomic E-state index is 11.8. The summed E-state index contributed by atoms with van der Waals surface area (Å²) < 4.78 is 0. The lowest BCUT2D eigenvalue weighted by Crippen LogP contribution is -2.29. The molecule has 0 aliphatic heterocycles. The van der Waals surface area contributed by atoms with Crippen molar-refractivity contribution < 1.29 is 19.5 Å². The zero-order chi connectivity index (χ0) is 13.7. The maximum Gasteiger partial charge on any atom is 0.337 e. The van der Waals surface area contributed by atoms with Crippen molar-refractivity contribution in [2.45, 2.75) is 19.8 Å². The van der Waals surface area contributed by atoms with Gasteiger partial charge < -0.3 is 10.0 Å². The lowest BCUT2D eigenvalue weighted by Gasteiger charge is -2.18. The molecule has 0 unspecified atom stereocenters. The third-order valence-corrected chi connectivity index (χ3v) is 2.61. The van der Waals surface area contributed by atoms with Gasteiger partial charge in [-0.05, 0) is 12.1 Å². The van der Waals surface area contributed by atoms with Crippen molar-refractivity contribution in [2.75, 3.05) is 11.9 Å². The minimum atomic E-state index is -1.10. The Kier molecular flexibility index (Phi) is 4.59. The Morgan fingerprint density at radius 1 is 1.22 bits per heavy atom. The van der Waals surface area contributed by atoms with Gasteiger partial charge in [-0.15, -0.1) is 0 Å². The van der Waals surface area contributed by atoms with E-state index in [0.29, 0.717) is 12.1 Å². The fourth-order valence-corrected chi connectivity index (χ4v) is 1.49. The molecule has 0 aliphatic carbocycles. The summed E-state index contributed by atoms with van der Waals surface area (Å²) in [7, 11) is 1.47. The van der Waals surface area contributed by atoms with E-state index in [0.717, 1.165) is 0 Å². The van der Waals surface area contributed by atoms with E-state index in [1.165, 1.54) is 24.1 Å². The average Bonchev–Trinajstić information content (AvgIpc) is 2.37. The van der Waals surface area contributed by atoms with Crippen LogP contribution in [-0.4, -0.2) is 29.8 Å². The highest BCUT2D eigenvalue weighted by Crippen LogP contribution is 2.19. The number of nitrogens with zero attached hydrogens (tertiary/aromatic N) is 1.